The largest absolute Gasteiger partial charge is 0.370 e. The van der Waals surface area contributed by atoms with Gasteiger partial charge < -0.3 is 9.64 Å². The second-order valence-corrected chi connectivity index (χ2v) is 6.61. The molecule has 2 fully saturated rings. The summed E-state index contributed by atoms with van der Waals surface area (Å²) in [6.07, 6.45) is 1.73. The SMILES string of the molecule is O=C1S/C(=C\c2ccc(Cl)cc2)C(=O)N1C[NH+]1CCOCC1. The van der Waals surface area contributed by atoms with Gasteiger partial charge in [0, 0.05) is 5.02 Å². The minimum Gasteiger partial charge on any atom is -0.370 e. The van der Waals surface area contributed by atoms with E-state index < -0.39 is 0 Å². The number of carbonyl (C=O) groups is 2. The quantitative estimate of drug-likeness (QED) is 0.842. The first-order valence-electron chi connectivity index (χ1n) is 7.06. The molecule has 0 atom stereocenters. The van der Waals surface area contributed by atoms with Gasteiger partial charge in [0.25, 0.3) is 11.1 Å². The van der Waals surface area contributed by atoms with Crippen molar-refractivity contribution >= 4 is 40.6 Å². The van der Waals surface area contributed by atoms with E-state index in [4.69, 9.17) is 16.3 Å². The average Bonchev–Trinajstić information content (AvgIpc) is 2.78. The third kappa shape index (κ3) is 3.52. The van der Waals surface area contributed by atoms with Crippen LogP contribution in [0.2, 0.25) is 5.02 Å². The minimum absolute atomic E-state index is 0.204. The van der Waals surface area contributed by atoms with E-state index in [9.17, 15) is 9.59 Å². The maximum atomic E-state index is 12.4. The van der Waals surface area contributed by atoms with E-state index in [0.29, 0.717) is 29.8 Å². The molecule has 0 aliphatic carbocycles. The van der Waals surface area contributed by atoms with Crippen LogP contribution in [0.5, 0.6) is 0 Å². The fourth-order valence-electron chi connectivity index (χ4n) is 2.39. The van der Waals surface area contributed by atoms with E-state index in [1.165, 1.54) is 9.80 Å². The van der Waals surface area contributed by atoms with Crippen LogP contribution in [0.25, 0.3) is 6.08 Å². The molecule has 0 spiro atoms. The van der Waals surface area contributed by atoms with Crippen LogP contribution in [0.4, 0.5) is 4.79 Å². The summed E-state index contributed by atoms with van der Waals surface area (Å²) in [6, 6.07) is 7.16. The summed E-state index contributed by atoms with van der Waals surface area (Å²) < 4.78 is 5.29. The molecule has 2 heterocycles. The van der Waals surface area contributed by atoms with Gasteiger partial charge in [0.1, 0.15) is 13.1 Å². The molecular formula is C15H16ClN2O3S+. The van der Waals surface area contributed by atoms with Crippen molar-refractivity contribution in [2.75, 3.05) is 33.0 Å². The summed E-state index contributed by atoms with van der Waals surface area (Å²) in [5.74, 6) is -0.219. The fraction of sp³-hybridized carbons (Fsp3) is 0.333. The van der Waals surface area contributed by atoms with Crippen molar-refractivity contribution in [2.45, 2.75) is 0 Å². The summed E-state index contributed by atoms with van der Waals surface area (Å²) in [5.41, 5.74) is 0.855. The molecule has 116 valence electrons. The molecule has 1 N–H and O–H groups in total. The van der Waals surface area contributed by atoms with E-state index >= 15 is 0 Å². The second-order valence-electron chi connectivity index (χ2n) is 5.18. The first-order chi connectivity index (χ1) is 10.6. The molecule has 0 bridgehead atoms. The average molecular weight is 340 g/mol. The Morgan fingerprint density at radius 1 is 1.23 bits per heavy atom. The van der Waals surface area contributed by atoms with Crippen LogP contribution in [0, 0.1) is 0 Å². The third-order valence-electron chi connectivity index (χ3n) is 3.62. The second kappa shape index (κ2) is 6.83. The van der Waals surface area contributed by atoms with Gasteiger partial charge in [0.2, 0.25) is 0 Å². The number of halogens is 1. The van der Waals surface area contributed by atoms with Gasteiger partial charge in [0.15, 0.2) is 6.67 Å². The number of hydrogen-bond donors (Lipinski definition) is 1. The van der Waals surface area contributed by atoms with Gasteiger partial charge in [-0.15, -0.1) is 0 Å². The van der Waals surface area contributed by atoms with Crippen LogP contribution in [0.1, 0.15) is 5.56 Å². The lowest BCUT2D eigenvalue weighted by Gasteiger charge is -2.26. The highest BCUT2D eigenvalue weighted by molar-refractivity contribution is 8.18. The van der Waals surface area contributed by atoms with Gasteiger partial charge in [-0.05, 0) is 35.5 Å². The molecule has 0 aromatic heterocycles. The smallest absolute Gasteiger partial charge is 0.298 e. The summed E-state index contributed by atoms with van der Waals surface area (Å²) in [5, 5.41) is 0.436. The minimum atomic E-state index is -0.219. The fourth-order valence-corrected chi connectivity index (χ4v) is 3.35. The molecule has 1 aromatic carbocycles. The number of morpholine rings is 1. The van der Waals surface area contributed by atoms with Gasteiger partial charge in [-0.25, -0.2) is 4.90 Å². The summed E-state index contributed by atoms with van der Waals surface area (Å²) in [6.45, 7) is 3.39. The molecule has 2 aliphatic rings. The predicted molar refractivity (Wildman–Crippen MR) is 85.6 cm³/mol. The van der Waals surface area contributed by atoms with Crippen molar-refractivity contribution in [1.29, 1.82) is 0 Å². The van der Waals surface area contributed by atoms with Crippen molar-refractivity contribution in [1.82, 2.24) is 4.90 Å². The first-order valence-corrected chi connectivity index (χ1v) is 8.25. The van der Waals surface area contributed by atoms with Crippen molar-refractivity contribution in [3.63, 3.8) is 0 Å². The molecule has 5 nitrogen and oxygen atoms in total. The molecule has 22 heavy (non-hydrogen) atoms. The Kier molecular flexibility index (Phi) is 4.83. The van der Waals surface area contributed by atoms with E-state index in [1.54, 1.807) is 18.2 Å². The number of imide groups is 1. The lowest BCUT2D eigenvalue weighted by molar-refractivity contribution is -0.915. The zero-order chi connectivity index (χ0) is 15.5. The molecule has 7 heteroatoms. The van der Waals surface area contributed by atoms with Gasteiger partial charge in [-0.1, -0.05) is 23.7 Å². The maximum absolute atomic E-state index is 12.4. The summed E-state index contributed by atoms with van der Waals surface area (Å²) in [7, 11) is 0. The predicted octanol–water partition coefficient (Wildman–Crippen LogP) is 1.25. The van der Waals surface area contributed by atoms with E-state index in [0.717, 1.165) is 30.4 Å². The van der Waals surface area contributed by atoms with Crippen LogP contribution in [0.15, 0.2) is 29.2 Å². The number of benzene rings is 1. The van der Waals surface area contributed by atoms with Crippen LogP contribution in [0.3, 0.4) is 0 Å². The highest BCUT2D eigenvalue weighted by Gasteiger charge is 2.37. The van der Waals surface area contributed by atoms with Crippen molar-refractivity contribution in [2.24, 2.45) is 0 Å². The number of quaternary nitrogens is 1. The topological polar surface area (TPSA) is 51.0 Å². The molecule has 2 amide bonds. The Morgan fingerprint density at radius 3 is 2.59 bits per heavy atom. The molecule has 3 rings (SSSR count). The van der Waals surface area contributed by atoms with Gasteiger partial charge in [-0.3, -0.25) is 9.59 Å². The molecule has 0 radical (unpaired) electrons. The van der Waals surface area contributed by atoms with Gasteiger partial charge >= 0.3 is 0 Å². The van der Waals surface area contributed by atoms with E-state index in [-0.39, 0.29) is 11.1 Å². The van der Waals surface area contributed by atoms with Crippen LogP contribution in [-0.2, 0) is 9.53 Å². The molecule has 0 unspecified atom stereocenters. The number of hydrogen-bond acceptors (Lipinski definition) is 4. The molecule has 2 saturated heterocycles. The summed E-state index contributed by atoms with van der Waals surface area (Å²) in [4.78, 5) is 27.5. The molecule has 0 saturated carbocycles. The third-order valence-corrected chi connectivity index (χ3v) is 4.78. The lowest BCUT2D eigenvalue weighted by atomic mass is 10.2. The highest BCUT2D eigenvalue weighted by Crippen LogP contribution is 2.31. The van der Waals surface area contributed by atoms with Crippen molar-refractivity contribution < 1.29 is 19.2 Å². The lowest BCUT2D eigenvalue weighted by Crippen LogP contribution is -3.15. The molecular weight excluding hydrogens is 324 g/mol. The monoisotopic (exact) mass is 339 g/mol. The Morgan fingerprint density at radius 2 is 1.91 bits per heavy atom. The Hall–Kier alpha value is -1.34. The number of nitrogens with one attached hydrogen (secondary N) is 1. The first kappa shape index (κ1) is 15.6. The zero-order valence-electron chi connectivity index (χ0n) is 11.9. The number of nitrogens with zero attached hydrogens (tertiary/aromatic N) is 1. The van der Waals surface area contributed by atoms with Gasteiger partial charge in [0.05, 0.1) is 18.1 Å². The maximum Gasteiger partial charge on any atom is 0.298 e. The zero-order valence-corrected chi connectivity index (χ0v) is 13.5. The number of carbonyl (C=O) groups excluding carboxylic acids is 2. The Balaban J connectivity index is 1.71. The standard InChI is InChI=1S/C15H15ClN2O3S/c16-12-3-1-11(2-4-12)9-13-14(19)18(15(20)22-13)10-17-5-7-21-8-6-17/h1-4,9H,5-8,10H2/p+1/b13-9-. The number of ether oxygens (including phenoxy) is 1. The number of rotatable bonds is 3. The highest BCUT2D eigenvalue weighted by atomic mass is 35.5. The molecule has 2 aliphatic heterocycles. The summed E-state index contributed by atoms with van der Waals surface area (Å²) >= 11 is 6.83. The Bertz CT molecular complexity index is 612. The van der Waals surface area contributed by atoms with Crippen LogP contribution in [-0.4, -0.2) is 49.0 Å². The van der Waals surface area contributed by atoms with Crippen LogP contribution < -0.4 is 4.90 Å². The number of amides is 2. The van der Waals surface area contributed by atoms with Crippen molar-refractivity contribution in [3.8, 4) is 0 Å². The van der Waals surface area contributed by atoms with E-state index in [2.05, 4.69) is 0 Å². The van der Waals surface area contributed by atoms with Gasteiger partial charge in [-0.2, -0.15) is 0 Å². The normalized spacial score (nSPS) is 21.9. The van der Waals surface area contributed by atoms with Crippen molar-refractivity contribution in [3.05, 3.63) is 39.8 Å². The Labute approximate surface area is 137 Å². The number of thioether (sulfide) groups is 1. The van der Waals surface area contributed by atoms with Crippen LogP contribution >= 0.6 is 23.4 Å². The molecule has 1 aromatic rings. The van der Waals surface area contributed by atoms with E-state index in [1.807, 2.05) is 12.1 Å².